The average molecular weight is 785 g/mol. The van der Waals surface area contributed by atoms with Crippen molar-refractivity contribution in [3.05, 3.63) is 53.6 Å². The molecule has 9 heteroatoms. The van der Waals surface area contributed by atoms with Gasteiger partial charge in [-0.1, -0.05) is 173 Å². The molecule has 7 nitrogen and oxygen atoms in total. The van der Waals surface area contributed by atoms with Gasteiger partial charge in [0.25, 0.3) is 0 Å². The van der Waals surface area contributed by atoms with Crippen molar-refractivity contribution in [2.45, 2.75) is 199 Å². The van der Waals surface area contributed by atoms with Crippen LogP contribution in [0.5, 0.6) is 0 Å². The zero-order chi connectivity index (χ0) is 38.0. The number of hydrogen-bond donors (Lipinski definition) is 0. The summed E-state index contributed by atoms with van der Waals surface area (Å²) in [6, 6.07) is 3.62. The predicted octanol–water partition coefficient (Wildman–Crippen LogP) is 9.98. The number of hydrogen-bond acceptors (Lipinski definition) is 7. The van der Waals surface area contributed by atoms with Crippen molar-refractivity contribution in [2.75, 3.05) is 13.2 Å². The molecule has 0 aromatic heterocycles. The molecule has 1 rings (SSSR count). The van der Waals surface area contributed by atoms with Crippen molar-refractivity contribution in [1.82, 2.24) is 0 Å². The van der Waals surface area contributed by atoms with E-state index in [0.29, 0.717) is 12.8 Å². The topological polar surface area (TPSA) is 110 Å². The molecule has 298 valence electrons. The van der Waals surface area contributed by atoms with Crippen LogP contribution in [0.25, 0.3) is 0 Å². The minimum absolute atomic E-state index is 0. The number of carbonyl (C=O) groups is 2. The Morgan fingerprint density at radius 2 is 0.868 bits per heavy atom. The number of benzene rings is 1. The van der Waals surface area contributed by atoms with Crippen molar-refractivity contribution < 1.29 is 83.4 Å². The molecule has 1 aromatic rings. The first-order valence-corrected chi connectivity index (χ1v) is 22.5. The summed E-state index contributed by atoms with van der Waals surface area (Å²) in [7, 11) is -5.01. The Hall–Kier alpha value is -0.814. The molecule has 0 bridgehead atoms. The van der Waals surface area contributed by atoms with E-state index in [2.05, 4.69) is 38.2 Å². The predicted molar refractivity (Wildman–Crippen MR) is 214 cm³/mol. The van der Waals surface area contributed by atoms with E-state index in [0.717, 1.165) is 57.4 Å². The van der Waals surface area contributed by atoms with Gasteiger partial charge >= 0.3 is 63.3 Å². The maximum Gasteiger partial charge on any atom is 1.00 e. The molecule has 0 aliphatic heterocycles. The zero-order valence-corrected chi connectivity index (χ0v) is 38.0. The number of unbranched alkanes of at least 4 members (excludes halogenated alkanes) is 24. The van der Waals surface area contributed by atoms with Crippen LogP contribution in [-0.4, -0.2) is 38.1 Å². The average Bonchev–Trinajstić information content (AvgIpc) is 3.13. The Morgan fingerprint density at radius 3 is 1.23 bits per heavy atom. The SMILES string of the molecule is CC/C=C/CCCCCCCCCCCCCCOC(=O)c1cccc(S(=O)(=O)[O-])c1C(=O)OCCCCCCCCCCCCCC/C=C/CC.[K+]. The van der Waals surface area contributed by atoms with Crippen LogP contribution < -0.4 is 51.4 Å². The van der Waals surface area contributed by atoms with Gasteiger partial charge < -0.3 is 14.0 Å². The minimum Gasteiger partial charge on any atom is -0.744 e. The molecule has 0 saturated heterocycles. The number of esters is 2. The van der Waals surface area contributed by atoms with Crippen molar-refractivity contribution >= 4 is 22.1 Å². The molecule has 1 aromatic carbocycles. The van der Waals surface area contributed by atoms with E-state index in [9.17, 15) is 22.6 Å². The second-order valence-electron chi connectivity index (χ2n) is 14.2. The summed E-state index contributed by atoms with van der Waals surface area (Å²) in [4.78, 5) is 25.1. The number of allylic oxidation sites excluding steroid dienone is 4. The van der Waals surface area contributed by atoms with Gasteiger partial charge in [-0.3, -0.25) is 0 Å². The van der Waals surface area contributed by atoms with E-state index in [1.807, 2.05) is 0 Å². The number of carbonyl (C=O) groups excluding carboxylic acids is 2. The van der Waals surface area contributed by atoms with Gasteiger partial charge in [0, 0.05) is 0 Å². The molecule has 0 aliphatic rings. The Labute approximate surface area is 367 Å². The van der Waals surface area contributed by atoms with Crippen LogP contribution in [0.4, 0.5) is 0 Å². The van der Waals surface area contributed by atoms with Gasteiger partial charge in [0.15, 0.2) is 0 Å². The van der Waals surface area contributed by atoms with Crippen molar-refractivity contribution in [2.24, 2.45) is 0 Å². The van der Waals surface area contributed by atoms with Gasteiger partial charge in [-0.15, -0.1) is 0 Å². The van der Waals surface area contributed by atoms with Gasteiger partial charge in [0.05, 0.1) is 29.2 Å². The molecule has 0 spiro atoms. The zero-order valence-electron chi connectivity index (χ0n) is 34.0. The number of ether oxygens (including phenoxy) is 2. The fourth-order valence-corrected chi connectivity index (χ4v) is 7.12. The van der Waals surface area contributed by atoms with Gasteiger partial charge in [-0.2, -0.15) is 0 Å². The van der Waals surface area contributed by atoms with E-state index >= 15 is 0 Å². The smallest absolute Gasteiger partial charge is 0.744 e. The van der Waals surface area contributed by atoms with Crippen LogP contribution in [0.3, 0.4) is 0 Å². The summed E-state index contributed by atoms with van der Waals surface area (Å²) in [5, 5.41) is 0. The summed E-state index contributed by atoms with van der Waals surface area (Å²) < 4.78 is 46.7. The van der Waals surface area contributed by atoms with Crippen molar-refractivity contribution in [3.8, 4) is 0 Å². The molecule has 0 heterocycles. The normalized spacial score (nSPS) is 11.7. The molecule has 0 unspecified atom stereocenters. The van der Waals surface area contributed by atoms with Gasteiger partial charge in [-0.25, -0.2) is 18.0 Å². The maximum absolute atomic E-state index is 13.0. The van der Waals surface area contributed by atoms with Crippen LogP contribution in [0.1, 0.15) is 214 Å². The minimum atomic E-state index is -5.01. The molecule has 0 atom stereocenters. The van der Waals surface area contributed by atoms with E-state index in [-0.39, 0.29) is 70.2 Å². The number of rotatable bonds is 35. The monoisotopic (exact) mass is 784 g/mol. The van der Waals surface area contributed by atoms with Crippen LogP contribution in [0.15, 0.2) is 47.4 Å². The first kappa shape index (κ1) is 52.2. The summed E-state index contributed by atoms with van der Waals surface area (Å²) in [6.07, 6.45) is 41.8. The molecule has 0 amide bonds. The molecular formula is C44H73KO7S. The third-order valence-electron chi connectivity index (χ3n) is 9.52. The third kappa shape index (κ3) is 29.1. The van der Waals surface area contributed by atoms with Crippen LogP contribution in [0, 0.1) is 0 Å². The molecule has 0 radical (unpaired) electrons. The Bertz CT molecular complexity index is 1210. The van der Waals surface area contributed by atoms with Gasteiger partial charge in [-0.05, 0) is 63.5 Å². The standard InChI is InChI=1S/C44H74O7S.K/c1-3-5-7-9-11-13-15-17-19-21-23-25-27-29-31-33-38-50-43(45)40-36-35-37-41(52(47,48)49)42(40)44(46)51-39-34-32-30-28-26-24-22-20-18-16-14-12-10-8-6-4-2;/h5-8,35-37H,3-4,9-34,38-39H2,1-2H3,(H,47,48,49);/q;+1/p-1/b7-5+,8-6+;. The van der Waals surface area contributed by atoms with Crippen LogP contribution in [0.2, 0.25) is 0 Å². The maximum atomic E-state index is 13.0. The molecule has 0 saturated carbocycles. The molecular weight excluding hydrogens is 712 g/mol. The molecule has 0 N–H and O–H groups in total. The first-order valence-electron chi connectivity index (χ1n) is 21.1. The van der Waals surface area contributed by atoms with Crippen molar-refractivity contribution in [3.63, 3.8) is 0 Å². The fourth-order valence-electron chi connectivity index (χ4n) is 6.43. The Morgan fingerprint density at radius 1 is 0.528 bits per heavy atom. The van der Waals surface area contributed by atoms with Gasteiger partial charge in [0.2, 0.25) is 0 Å². The van der Waals surface area contributed by atoms with E-state index in [4.69, 9.17) is 9.47 Å². The second kappa shape index (κ2) is 36.8. The van der Waals surface area contributed by atoms with E-state index in [1.54, 1.807) is 0 Å². The van der Waals surface area contributed by atoms with E-state index in [1.165, 1.54) is 128 Å². The Kier molecular flexibility index (Phi) is 36.2. The fraction of sp³-hybridized carbons (Fsp3) is 0.727. The van der Waals surface area contributed by atoms with Crippen LogP contribution in [-0.2, 0) is 19.6 Å². The third-order valence-corrected chi connectivity index (χ3v) is 10.4. The Balaban J connectivity index is 0.0000270. The largest absolute Gasteiger partial charge is 1.00 e. The summed E-state index contributed by atoms with van der Waals surface area (Å²) in [5.74, 6) is -1.81. The summed E-state index contributed by atoms with van der Waals surface area (Å²) in [5.41, 5.74) is -0.778. The van der Waals surface area contributed by atoms with Gasteiger partial charge in [0.1, 0.15) is 10.1 Å². The molecule has 53 heavy (non-hydrogen) atoms. The summed E-state index contributed by atoms with van der Waals surface area (Å²) in [6.45, 7) is 4.59. The molecule has 0 aliphatic carbocycles. The van der Waals surface area contributed by atoms with Crippen molar-refractivity contribution in [1.29, 1.82) is 0 Å². The quantitative estimate of drug-likeness (QED) is 0.0222. The summed E-state index contributed by atoms with van der Waals surface area (Å²) >= 11 is 0. The first-order chi connectivity index (χ1) is 25.3. The second-order valence-corrected chi connectivity index (χ2v) is 15.6. The molecule has 0 fully saturated rings. The van der Waals surface area contributed by atoms with E-state index < -0.39 is 32.5 Å². The van der Waals surface area contributed by atoms with Crippen LogP contribution >= 0.6 is 0 Å².